The van der Waals surface area contributed by atoms with Gasteiger partial charge in [0.15, 0.2) is 0 Å². The SMILES string of the molecule is CCCN(CC)CC1CCC(CNCC(C)C)O1. The topological polar surface area (TPSA) is 24.5 Å². The molecule has 1 aliphatic rings. The second-order valence-electron chi connectivity index (χ2n) is 5.90. The van der Waals surface area contributed by atoms with Crippen molar-refractivity contribution in [3.05, 3.63) is 0 Å². The van der Waals surface area contributed by atoms with Crippen molar-refractivity contribution in [2.75, 3.05) is 32.7 Å². The van der Waals surface area contributed by atoms with Crippen LogP contribution in [-0.2, 0) is 4.74 Å². The number of likely N-dealkylation sites (N-methyl/N-ethyl adjacent to an activating group) is 1. The Morgan fingerprint density at radius 3 is 2.56 bits per heavy atom. The summed E-state index contributed by atoms with van der Waals surface area (Å²) in [5.74, 6) is 0.724. The fraction of sp³-hybridized carbons (Fsp3) is 1.00. The monoisotopic (exact) mass is 256 g/mol. The molecule has 0 spiro atoms. The van der Waals surface area contributed by atoms with Crippen LogP contribution in [0.5, 0.6) is 0 Å². The lowest BCUT2D eigenvalue weighted by atomic mass is 10.1. The normalized spacial score (nSPS) is 24.3. The van der Waals surface area contributed by atoms with E-state index in [9.17, 15) is 0 Å². The molecule has 0 aromatic heterocycles. The van der Waals surface area contributed by atoms with Gasteiger partial charge < -0.3 is 15.0 Å². The van der Waals surface area contributed by atoms with Gasteiger partial charge in [-0.05, 0) is 44.8 Å². The lowest BCUT2D eigenvalue weighted by Gasteiger charge is -2.23. The van der Waals surface area contributed by atoms with E-state index < -0.39 is 0 Å². The van der Waals surface area contributed by atoms with Crippen LogP contribution in [0, 0.1) is 5.92 Å². The van der Waals surface area contributed by atoms with Gasteiger partial charge in [0.25, 0.3) is 0 Å². The van der Waals surface area contributed by atoms with Crippen LogP contribution < -0.4 is 5.32 Å². The standard InChI is InChI=1S/C15H32N2O/c1-5-9-17(6-2)12-15-8-7-14(18-15)11-16-10-13(3)4/h13-16H,5-12H2,1-4H3. The molecular formula is C15H32N2O. The molecule has 3 heteroatoms. The smallest absolute Gasteiger partial charge is 0.0707 e. The third kappa shape index (κ3) is 6.17. The molecule has 0 bridgehead atoms. The Labute approximate surface area is 113 Å². The second-order valence-corrected chi connectivity index (χ2v) is 5.90. The maximum absolute atomic E-state index is 6.12. The van der Waals surface area contributed by atoms with E-state index in [0.29, 0.717) is 12.2 Å². The first-order valence-electron chi connectivity index (χ1n) is 7.74. The molecule has 1 heterocycles. The number of ether oxygens (including phenoxy) is 1. The van der Waals surface area contributed by atoms with Crippen molar-refractivity contribution in [1.29, 1.82) is 0 Å². The third-order valence-corrected chi connectivity index (χ3v) is 3.57. The minimum Gasteiger partial charge on any atom is -0.372 e. The van der Waals surface area contributed by atoms with Crippen LogP contribution in [-0.4, -0.2) is 49.8 Å². The highest BCUT2D eigenvalue weighted by atomic mass is 16.5. The Bertz CT molecular complexity index is 209. The summed E-state index contributed by atoms with van der Waals surface area (Å²) in [4.78, 5) is 2.51. The van der Waals surface area contributed by atoms with E-state index in [0.717, 1.165) is 32.1 Å². The number of nitrogens with one attached hydrogen (secondary N) is 1. The van der Waals surface area contributed by atoms with E-state index in [4.69, 9.17) is 4.74 Å². The minimum absolute atomic E-state index is 0.439. The van der Waals surface area contributed by atoms with E-state index >= 15 is 0 Å². The fourth-order valence-electron chi connectivity index (χ4n) is 2.58. The average Bonchev–Trinajstić information content (AvgIpc) is 2.76. The molecule has 1 fully saturated rings. The van der Waals surface area contributed by atoms with Crippen molar-refractivity contribution in [2.45, 2.75) is 59.2 Å². The van der Waals surface area contributed by atoms with Gasteiger partial charge in [0.2, 0.25) is 0 Å². The number of hydrogen-bond donors (Lipinski definition) is 1. The summed E-state index contributed by atoms with van der Waals surface area (Å²) in [5.41, 5.74) is 0. The van der Waals surface area contributed by atoms with Crippen molar-refractivity contribution < 1.29 is 4.74 Å². The average molecular weight is 256 g/mol. The van der Waals surface area contributed by atoms with Crippen molar-refractivity contribution in [3.8, 4) is 0 Å². The molecule has 0 saturated carbocycles. The van der Waals surface area contributed by atoms with Crippen molar-refractivity contribution >= 4 is 0 Å². The van der Waals surface area contributed by atoms with Gasteiger partial charge in [-0.2, -0.15) is 0 Å². The molecule has 1 rings (SSSR count). The molecule has 0 radical (unpaired) electrons. The first-order valence-corrected chi connectivity index (χ1v) is 7.74. The first-order chi connectivity index (χ1) is 8.65. The van der Waals surface area contributed by atoms with Crippen molar-refractivity contribution in [3.63, 3.8) is 0 Å². The lowest BCUT2D eigenvalue weighted by molar-refractivity contribution is 0.0241. The molecule has 0 aromatic rings. The summed E-state index contributed by atoms with van der Waals surface area (Å²) in [6, 6.07) is 0. The van der Waals surface area contributed by atoms with Gasteiger partial charge in [-0.1, -0.05) is 27.7 Å². The first kappa shape index (κ1) is 15.9. The van der Waals surface area contributed by atoms with Gasteiger partial charge in [-0.25, -0.2) is 0 Å². The van der Waals surface area contributed by atoms with E-state index in [2.05, 4.69) is 37.9 Å². The van der Waals surface area contributed by atoms with Gasteiger partial charge >= 0.3 is 0 Å². The van der Waals surface area contributed by atoms with Gasteiger partial charge in [0.05, 0.1) is 12.2 Å². The van der Waals surface area contributed by atoms with Crippen LogP contribution >= 0.6 is 0 Å². The zero-order valence-electron chi connectivity index (χ0n) is 12.7. The van der Waals surface area contributed by atoms with E-state index in [1.165, 1.54) is 25.8 Å². The predicted octanol–water partition coefficient (Wildman–Crippen LogP) is 2.51. The summed E-state index contributed by atoms with van der Waals surface area (Å²) >= 11 is 0. The molecule has 3 nitrogen and oxygen atoms in total. The molecule has 2 unspecified atom stereocenters. The Morgan fingerprint density at radius 1 is 1.22 bits per heavy atom. The summed E-state index contributed by atoms with van der Waals surface area (Å²) in [6.07, 6.45) is 4.59. The molecule has 18 heavy (non-hydrogen) atoms. The predicted molar refractivity (Wildman–Crippen MR) is 78.0 cm³/mol. The molecule has 1 N–H and O–H groups in total. The zero-order chi connectivity index (χ0) is 13.4. The summed E-state index contributed by atoms with van der Waals surface area (Å²) in [6.45, 7) is 14.6. The van der Waals surface area contributed by atoms with Gasteiger partial charge in [0, 0.05) is 13.1 Å². The van der Waals surface area contributed by atoms with E-state index in [1.807, 2.05) is 0 Å². The minimum atomic E-state index is 0.439. The highest BCUT2D eigenvalue weighted by Gasteiger charge is 2.26. The number of rotatable bonds is 9. The second kappa shape index (κ2) is 8.89. The molecule has 108 valence electrons. The van der Waals surface area contributed by atoms with Gasteiger partial charge in [-0.15, -0.1) is 0 Å². The molecule has 0 aliphatic carbocycles. The molecule has 2 atom stereocenters. The summed E-state index contributed by atoms with van der Waals surface area (Å²) < 4.78 is 6.12. The number of nitrogens with zero attached hydrogens (tertiary/aromatic N) is 1. The van der Waals surface area contributed by atoms with Crippen LogP contribution in [0.1, 0.15) is 47.0 Å². The Morgan fingerprint density at radius 2 is 1.94 bits per heavy atom. The summed E-state index contributed by atoms with van der Waals surface area (Å²) in [5, 5.41) is 3.50. The molecular weight excluding hydrogens is 224 g/mol. The maximum atomic E-state index is 6.12. The quantitative estimate of drug-likeness (QED) is 0.686. The highest BCUT2D eigenvalue weighted by molar-refractivity contribution is 4.78. The van der Waals surface area contributed by atoms with E-state index in [-0.39, 0.29) is 0 Å². The zero-order valence-corrected chi connectivity index (χ0v) is 12.7. The highest BCUT2D eigenvalue weighted by Crippen LogP contribution is 2.20. The van der Waals surface area contributed by atoms with Gasteiger partial charge in [-0.3, -0.25) is 0 Å². The fourth-order valence-corrected chi connectivity index (χ4v) is 2.58. The van der Waals surface area contributed by atoms with Crippen LogP contribution in [0.15, 0.2) is 0 Å². The van der Waals surface area contributed by atoms with Crippen molar-refractivity contribution in [1.82, 2.24) is 10.2 Å². The summed E-state index contributed by atoms with van der Waals surface area (Å²) in [7, 11) is 0. The molecule has 1 aliphatic heterocycles. The Kier molecular flexibility index (Phi) is 7.87. The molecule has 0 aromatic carbocycles. The maximum Gasteiger partial charge on any atom is 0.0707 e. The number of hydrogen-bond acceptors (Lipinski definition) is 3. The van der Waals surface area contributed by atoms with Gasteiger partial charge in [0.1, 0.15) is 0 Å². The van der Waals surface area contributed by atoms with Crippen LogP contribution in [0.3, 0.4) is 0 Å². The largest absolute Gasteiger partial charge is 0.372 e. The van der Waals surface area contributed by atoms with Crippen LogP contribution in [0.25, 0.3) is 0 Å². The van der Waals surface area contributed by atoms with Crippen LogP contribution in [0.4, 0.5) is 0 Å². The van der Waals surface area contributed by atoms with Crippen molar-refractivity contribution in [2.24, 2.45) is 5.92 Å². The Hall–Kier alpha value is -0.120. The lowest BCUT2D eigenvalue weighted by Crippen LogP contribution is -2.34. The van der Waals surface area contributed by atoms with Crippen LogP contribution in [0.2, 0.25) is 0 Å². The molecule has 1 saturated heterocycles. The molecule has 0 amide bonds. The third-order valence-electron chi connectivity index (χ3n) is 3.57. The Balaban J connectivity index is 2.15. The van der Waals surface area contributed by atoms with E-state index in [1.54, 1.807) is 0 Å².